The van der Waals surface area contributed by atoms with Gasteiger partial charge in [0, 0.05) is 5.97 Å². The van der Waals surface area contributed by atoms with E-state index in [4.69, 9.17) is 9.90 Å². The van der Waals surface area contributed by atoms with Crippen LogP contribution in [0.25, 0.3) is 0 Å². The van der Waals surface area contributed by atoms with Crippen LogP contribution in [0.4, 0.5) is 0 Å². The Labute approximate surface area is 89.3 Å². The fourth-order valence-corrected chi connectivity index (χ4v) is 1.29. The molecule has 0 aromatic heterocycles. The van der Waals surface area contributed by atoms with Gasteiger partial charge in [0.15, 0.2) is 0 Å². The van der Waals surface area contributed by atoms with Crippen molar-refractivity contribution in [2.75, 3.05) is 20.1 Å². The molecule has 5 heteroatoms. The van der Waals surface area contributed by atoms with E-state index in [1.807, 2.05) is 7.05 Å². The topological polar surface area (TPSA) is 74.3 Å². The number of aliphatic carboxylic acids is 1. The maximum Gasteiger partial charge on any atom is 0.310 e. The van der Waals surface area contributed by atoms with Gasteiger partial charge < -0.3 is 9.90 Å². The first kappa shape index (κ1) is 13.8. The first-order valence-corrected chi connectivity index (χ1v) is 4.83. The predicted molar refractivity (Wildman–Crippen MR) is 51.5 cm³/mol. The maximum absolute atomic E-state index is 11.1. The third-order valence-electron chi connectivity index (χ3n) is 2.53. The fourth-order valence-electron chi connectivity index (χ4n) is 1.29. The normalized spacial score (nSPS) is 18.7. The van der Waals surface area contributed by atoms with Gasteiger partial charge in [0.2, 0.25) is 0 Å². The number of quaternary nitrogens is 1. The zero-order valence-electron chi connectivity index (χ0n) is 9.41. The van der Waals surface area contributed by atoms with Gasteiger partial charge in [-0.25, -0.2) is 4.79 Å². The molecule has 0 spiro atoms. The molecule has 0 N–H and O–H groups in total. The van der Waals surface area contributed by atoms with Gasteiger partial charge in [0.05, 0.1) is 39.9 Å². The monoisotopic (exact) mass is 215 g/mol. The number of rotatable bonds is 0. The highest BCUT2D eigenvalue weighted by Crippen LogP contribution is 2.13. The van der Waals surface area contributed by atoms with Crippen molar-refractivity contribution in [3.05, 3.63) is 0 Å². The summed E-state index contributed by atoms with van der Waals surface area (Å²) in [5.41, 5.74) is 0. The van der Waals surface area contributed by atoms with Crippen LogP contribution >= 0.6 is 0 Å². The average molecular weight is 215 g/mol. The van der Waals surface area contributed by atoms with Gasteiger partial charge in [0.1, 0.15) is 5.78 Å². The van der Waals surface area contributed by atoms with Crippen molar-refractivity contribution >= 4 is 17.7 Å². The first-order valence-electron chi connectivity index (χ1n) is 4.83. The van der Waals surface area contributed by atoms with E-state index in [-0.39, 0.29) is 5.91 Å². The summed E-state index contributed by atoms with van der Waals surface area (Å²) < 4.78 is 0.436. The highest BCUT2D eigenvalue weighted by atomic mass is 16.4. The van der Waals surface area contributed by atoms with Crippen LogP contribution in [0.2, 0.25) is 0 Å². The largest absolute Gasteiger partial charge is 0.550 e. The first-order chi connectivity index (χ1) is 6.78. The van der Waals surface area contributed by atoms with Gasteiger partial charge in [-0.15, -0.1) is 0 Å². The summed E-state index contributed by atoms with van der Waals surface area (Å²) in [6.07, 6.45) is 1.13. The molecule has 1 rings (SSSR count). The Kier molecular flexibility index (Phi) is 5.14. The summed E-state index contributed by atoms with van der Waals surface area (Å²) in [6.45, 7) is 3.94. The SMILES string of the molecule is CC(=O)[N+]1(C)CCC(=O)CC1.CC(=O)[O-]. The molecule has 1 aliphatic rings. The number of carbonyl (C=O) groups excluding carboxylic acids is 3. The lowest BCUT2D eigenvalue weighted by molar-refractivity contribution is -0.835. The minimum absolute atomic E-state index is 0.164. The second-order valence-corrected chi connectivity index (χ2v) is 3.89. The molecule has 1 amide bonds. The van der Waals surface area contributed by atoms with Gasteiger partial charge in [-0.1, -0.05) is 0 Å². The molecule has 1 heterocycles. The maximum atomic E-state index is 11.1. The van der Waals surface area contributed by atoms with E-state index in [9.17, 15) is 9.59 Å². The Hall–Kier alpha value is -1.23. The summed E-state index contributed by atoms with van der Waals surface area (Å²) in [4.78, 5) is 30.8. The molecular formula is C10H17NO4. The Bertz CT molecular complexity index is 259. The fraction of sp³-hybridized carbons (Fsp3) is 0.700. The number of amides is 1. The van der Waals surface area contributed by atoms with Crippen LogP contribution in [-0.2, 0) is 14.4 Å². The molecule has 0 bridgehead atoms. The Morgan fingerprint density at radius 2 is 1.53 bits per heavy atom. The summed E-state index contributed by atoms with van der Waals surface area (Å²) in [5, 5.41) is 8.89. The van der Waals surface area contributed by atoms with Gasteiger partial charge in [-0.05, 0) is 6.92 Å². The number of carboxylic acid groups (broad SMARTS) is 1. The van der Waals surface area contributed by atoms with Crippen molar-refractivity contribution in [1.82, 2.24) is 0 Å². The standard InChI is InChI=1S/C8H14NO2.C2H4O2/c1-7(10)9(2)5-3-8(11)4-6-9;1-2(3)4/h3-6H2,1-2H3;1H3,(H,3,4)/q+1;/p-1. The number of Topliss-reactive ketones (excluding diaryl/α,β-unsaturated/α-hetero) is 1. The lowest BCUT2D eigenvalue weighted by Crippen LogP contribution is -2.53. The van der Waals surface area contributed by atoms with Crippen LogP contribution in [0.5, 0.6) is 0 Å². The molecule has 5 nitrogen and oxygen atoms in total. The zero-order chi connectivity index (χ0) is 12.1. The van der Waals surface area contributed by atoms with Crippen molar-refractivity contribution in [1.29, 1.82) is 0 Å². The molecule has 15 heavy (non-hydrogen) atoms. The number of hydrogen-bond donors (Lipinski definition) is 0. The van der Waals surface area contributed by atoms with Crippen molar-refractivity contribution in [3.8, 4) is 0 Å². The summed E-state index contributed by atoms with van der Waals surface area (Å²) in [6, 6.07) is 0. The summed E-state index contributed by atoms with van der Waals surface area (Å²) in [7, 11) is 1.90. The molecule has 0 radical (unpaired) electrons. The van der Waals surface area contributed by atoms with Crippen LogP contribution < -0.4 is 5.11 Å². The lowest BCUT2D eigenvalue weighted by atomic mass is 10.1. The van der Waals surface area contributed by atoms with E-state index in [1.54, 1.807) is 6.92 Å². The van der Waals surface area contributed by atoms with Crippen molar-refractivity contribution < 1.29 is 24.0 Å². The molecule has 0 aliphatic carbocycles. The predicted octanol–water partition coefficient (Wildman–Crippen LogP) is -0.901. The van der Waals surface area contributed by atoms with Gasteiger partial charge >= 0.3 is 5.91 Å². The van der Waals surface area contributed by atoms with Gasteiger partial charge in [-0.3, -0.25) is 9.28 Å². The zero-order valence-corrected chi connectivity index (χ0v) is 9.41. The molecule has 0 aromatic carbocycles. The van der Waals surface area contributed by atoms with E-state index in [0.717, 1.165) is 6.92 Å². The molecule has 0 unspecified atom stereocenters. The van der Waals surface area contributed by atoms with Gasteiger partial charge in [-0.2, -0.15) is 0 Å². The van der Waals surface area contributed by atoms with E-state index in [0.29, 0.717) is 36.2 Å². The van der Waals surface area contributed by atoms with Crippen LogP contribution in [0.15, 0.2) is 0 Å². The van der Waals surface area contributed by atoms with Crippen molar-refractivity contribution in [3.63, 3.8) is 0 Å². The third-order valence-corrected chi connectivity index (χ3v) is 2.53. The summed E-state index contributed by atoms with van der Waals surface area (Å²) >= 11 is 0. The highest BCUT2D eigenvalue weighted by Gasteiger charge is 2.32. The number of ketones is 1. The molecule has 0 saturated carbocycles. The Morgan fingerprint density at radius 3 is 1.80 bits per heavy atom. The second-order valence-electron chi connectivity index (χ2n) is 3.89. The minimum atomic E-state index is -1.08. The summed E-state index contributed by atoms with van der Waals surface area (Å²) in [5.74, 6) is -0.626. The molecule has 0 atom stereocenters. The van der Waals surface area contributed by atoms with E-state index in [2.05, 4.69) is 0 Å². The molecule has 1 fully saturated rings. The van der Waals surface area contributed by atoms with E-state index >= 15 is 0 Å². The Morgan fingerprint density at radius 1 is 1.20 bits per heavy atom. The van der Waals surface area contributed by atoms with Gasteiger partial charge in [0.25, 0.3) is 0 Å². The molecule has 1 aliphatic heterocycles. The highest BCUT2D eigenvalue weighted by molar-refractivity contribution is 5.80. The average Bonchev–Trinajstić information content (AvgIpc) is 2.09. The van der Waals surface area contributed by atoms with E-state index in [1.165, 1.54) is 0 Å². The van der Waals surface area contributed by atoms with Crippen LogP contribution in [0.1, 0.15) is 26.7 Å². The minimum Gasteiger partial charge on any atom is -0.550 e. The number of hydrogen-bond acceptors (Lipinski definition) is 4. The van der Waals surface area contributed by atoms with Crippen LogP contribution in [0, 0.1) is 0 Å². The quantitative estimate of drug-likeness (QED) is 0.491. The Balaban J connectivity index is 0.000000423. The van der Waals surface area contributed by atoms with E-state index < -0.39 is 5.97 Å². The molecule has 86 valence electrons. The second kappa shape index (κ2) is 5.60. The third kappa shape index (κ3) is 5.27. The van der Waals surface area contributed by atoms with Crippen molar-refractivity contribution in [2.45, 2.75) is 26.7 Å². The van der Waals surface area contributed by atoms with Crippen LogP contribution in [0.3, 0.4) is 0 Å². The molecule has 1 saturated heterocycles. The lowest BCUT2D eigenvalue weighted by Gasteiger charge is -2.33. The number of piperidine rings is 1. The number of nitrogens with zero attached hydrogens (tertiary/aromatic N) is 1. The molecular weight excluding hydrogens is 198 g/mol. The van der Waals surface area contributed by atoms with Crippen molar-refractivity contribution in [2.24, 2.45) is 0 Å². The number of likely N-dealkylation sites (tertiary alicyclic amines) is 1. The molecule has 0 aromatic rings. The van der Waals surface area contributed by atoms with Crippen LogP contribution in [-0.4, -0.2) is 42.3 Å². The smallest absolute Gasteiger partial charge is 0.310 e. The number of carbonyl (C=O) groups is 3. The number of carboxylic acids is 1.